The van der Waals surface area contributed by atoms with Crippen LogP contribution in [-0.2, 0) is 4.79 Å². The third-order valence-corrected chi connectivity index (χ3v) is 4.76. The molecule has 1 amide bonds. The highest BCUT2D eigenvalue weighted by molar-refractivity contribution is 6.02. The fourth-order valence-corrected chi connectivity index (χ4v) is 3.66. The summed E-state index contributed by atoms with van der Waals surface area (Å²) < 4.78 is 12.2. The Bertz CT molecular complexity index is 1160. The van der Waals surface area contributed by atoms with Crippen LogP contribution in [0.3, 0.4) is 0 Å². The molecule has 5 nitrogen and oxygen atoms in total. The van der Waals surface area contributed by atoms with Crippen LogP contribution in [0.25, 0.3) is 11.1 Å². The van der Waals surface area contributed by atoms with Gasteiger partial charge in [-0.2, -0.15) is 0 Å². The summed E-state index contributed by atoms with van der Waals surface area (Å²) in [7, 11) is 0. The molecular formula is C23H22N2O3. The van der Waals surface area contributed by atoms with Crippen LogP contribution in [0.1, 0.15) is 46.9 Å². The van der Waals surface area contributed by atoms with Crippen LogP contribution in [-0.4, -0.2) is 10.9 Å². The van der Waals surface area contributed by atoms with Crippen molar-refractivity contribution in [2.45, 2.75) is 33.6 Å². The van der Waals surface area contributed by atoms with Gasteiger partial charge >= 0.3 is 0 Å². The third kappa shape index (κ3) is 3.20. The topological polar surface area (TPSA) is 68.3 Å². The molecule has 0 spiro atoms. The summed E-state index contributed by atoms with van der Waals surface area (Å²) in [5.74, 6) is 1.73. The lowest BCUT2D eigenvalue weighted by Gasteiger charge is -2.15. The maximum Gasteiger partial charge on any atom is 0.228 e. The number of aromatic nitrogens is 1. The van der Waals surface area contributed by atoms with Crippen molar-refractivity contribution in [3.05, 3.63) is 82.6 Å². The molecule has 3 aromatic heterocycles. The zero-order valence-electron chi connectivity index (χ0n) is 16.4. The van der Waals surface area contributed by atoms with Crippen LogP contribution < -0.4 is 5.32 Å². The molecule has 0 fully saturated rings. The Balaban J connectivity index is 2.03. The van der Waals surface area contributed by atoms with Crippen LogP contribution in [0.15, 0.2) is 57.4 Å². The van der Waals surface area contributed by atoms with E-state index in [1.54, 1.807) is 0 Å². The van der Waals surface area contributed by atoms with Gasteiger partial charge in [0.25, 0.3) is 0 Å². The van der Waals surface area contributed by atoms with Crippen LogP contribution in [0.2, 0.25) is 0 Å². The van der Waals surface area contributed by atoms with Gasteiger partial charge < -0.3 is 14.2 Å². The quantitative estimate of drug-likeness (QED) is 0.513. The van der Waals surface area contributed by atoms with E-state index in [-0.39, 0.29) is 11.8 Å². The minimum atomic E-state index is -0.300. The van der Waals surface area contributed by atoms with Crippen molar-refractivity contribution >= 4 is 22.7 Å². The lowest BCUT2D eigenvalue weighted by atomic mass is 9.92. The van der Waals surface area contributed by atoms with E-state index in [9.17, 15) is 4.79 Å². The molecule has 0 aliphatic rings. The number of nitrogens with one attached hydrogen (secondary N) is 1. The highest BCUT2D eigenvalue weighted by Gasteiger charge is 2.30. The molecule has 0 bridgehead atoms. The number of amides is 1. The number of benzene rings is 1. The molecule has 1 N–H and O–H groups in total. The zero-order chi connectivity index (χ0) is 19.8. The summed E-state index contributed by atoms with van der Waals surface area (Å²) in [6, 6.07) is 15.8. The number of hydrogen-bond donors (Lipinski definition) is 1. The predicted molar refractivity (Wildman–Crippen MR) is 109 cm³/mol. The van der Waals surface area contributed by atoms with E-state index >= 15 is 0 Å². The van der Waals surface area contributed by atoms with Crippen LogP contribution in [0.5, 0.6) is 0 Å². The fourth-order valence-electron chi connectivity index (χ4n) is 3.66. The molecule has 1 aromatic carbocycles. The molecule has 0 aliphatic carbocycles. The highest BCUT2D eigenvalue weighted by atomic mass is 16.4. The highest BCUT2D eigenvalue weighted by Crippen LogP contribution is 2.43. The van der Waals surface area contributed by atoms with Gasteiger partial charge in [-0.25, -0.2) is 4.98 Å². The van der Waals surface area contributed by atoms with Crippen molar-refractivity contribution in [3.63, 3.8) is 0 Å². The number of carbonyl (C=O) groups is 1. The van der Waals surface area contributed by atoms with Crippen molar-refractivity contribution < 1.29 is 13.6 Å². The average molecular weight is 374 g/mol. The first kappa shape index (κ1) is 18.0. The van der Waals surface area contributed by atoms with Crippen molar-refractivity contribution in [1.29, 1.82) is 0 Å². The Morgan fingerprint density at radius 3 is 2.43 bits per heavy atom. The van der Waals surface area contributed by atoms with Gasteiger partial charge in [0.2, 0.25) is 11.6 Å². The molecule has 1 unspecified atom stereocenters. The number of rotatable bonds is 4. The van der Waals surface area contributed by atoms with Crippen LogP contribution in [0, 0.1) is 20.8 Å². The molecule has 5 heteroatoms. The van der Waals surface area contributed by atoms with E-state index in [0.717, 1.165) is 33.7 Å². The Hall–Kier alpha value is -3.34. The molecular weight excluding hydrogens is 352 g/mol. The summed E-state index contributed by atoms with van der Waals surface area (Å²) in [6.45, 7) is 7.33. The number of carbonyl (C=O) groups excluding carboxylic acids is 1. The van der Waals surface area contributed by atoms with Gasteiger partial charge in [0.15, 0.2) is 0 Å². The summed E-state index contributed by atoms with van der Waals surface area (Å²) in [4.78, 5) is 16.5. The summed E-state index contributed by atoms with van der Waals surface area (Å²) in [5.41, 5.74) is 4.04. The van der Waals surface area contributed by atoms with E-state index in [1.807, 2.05) is 69.3 Å². The van der Waals surface area contributed by atoms with E-state index in [4.69, 9.17) is 8.83 Å². The molecule has 0 saturated heterocycles. The molecule has 3 heterocycles. The largest absolute Gasteiger partial charge is 0.465 e. The Morgan fingerprint density at radius 2 is 1.79 bits per heavy atom. The monoisotopic (exact) mass is 374 g/mol. The average Bonchev–Trinajstić information content (AvgIpc) is 3.20. The van der Waals surface area contributed by atoms with Crippen LogP contribution in [0.4, 0.5) is 5.69 Å². The van der Waals surface area contributed by atoms with Gasteiger partial charge in [0.1, 0.15) is 23.2 Å². The minimum Gasteiger partial charge on any atom is -0.465 e. The van der Waals surface area contributed by atoms with E-state index in [1.165, 1.54) is 6.92 Å². The van der Waals surface area contributed by atoms with Gasteiger partial charge in [-0.1, -0.05) is 30.3 Å². The van der Waals surface area contributed by atoms with Crippen molar-refractivity contribution in [2.24, 2.45) is 0 Å². The number of pyridine rings is 1. The molecule has 0 radical (unpaired) electrons. The van der Waals surface area contributed by atoms with E-state index in [2.05, 4.69) is 10.3 Å². The second-order valence-corrected chi connectivity index (χ2v) is 7.08. The molecule has 4 rings (SSSR count). The SMILES string of the molecule is CC(=O)Nc1c(C(c2ccccc2)c2ccc(C)o2)oc2nc(C)cc(C)c12. The Kier molecular flexibility index (Phi) is 4.51. The lowest BCUT2D eigenvalue weighted by molar-refractivity contribution is -0.114. The maximum absolute atomic E-state index is 12.0. The first-order valence-corrected chi connectivity index (χ1v) is 9.23. The first-order chi connectivity index (χ1) is 13.4. The number of nitrogens with zero attached hydrogens (tertiary/aromatic N) is 1. The van der Waals surface area contributed by atoms with Crippen molar-refractivity contribution in [1.82, 2.24) is 4.98 Å². The second-order valence-electron chi connectivity index (χ2n) is 7.08. The lowest BCUT2D eigenvalue weighted by Crippen LogP contribution is -2.10. The molecule has 4 aromatic rings. The molecule has 0 saturated carbocycles. The second kappa shape index (κ2) is 7.00. The predicted octanol–water partition coefficient (Wildman–Crippen LogP) is 5.48. The van der Waals surface area contributed by atoms with Gasteiger partial charge in [-0.15, -0.1) is 0 Å². The molecule has 1 atom stereocenters. The maximum atomic E-state index is 12.0. The molecule has 28 heavy (non-hydrogen) atoms. The standard InChI is InChI=1S/C23H22N2O3/c1-13-12-14(2)24-23-19(13)21(25-16(4)26)22(28-23)20(17-8-6-5-7-9-17)18-11-10-15(3)27-18/h5-12,20H,1-4H3,(H,25,26). The van der Waals surface area contributed by atoms with Gasteiger partial charge in [0.05, 0.1) is 11.1 Å². The number of hydrogen-bond acceptors (Lipinski definition) is 4. The van der Waals surface area contributed by atoms with E-state index < -0.39 is 0 Å². The van der Waals surface area contributed by atoms with Gasteiger partial charge in [0, 0.05) is 12.6 Å². The number of anilines is 1. The van der Waals surface area contributed by atoms with E-state index in [0.29, 0.717) is 17.2 Å². The number of aryl methyl sites for hydroxylation is 3. The number of fused-ring (bicyclic) bond motifs is 1. The van der Waals surface area contributed by atoms with Gasteiger partial charge in [-0.3, -0.25) is 4.79 Å². The summed E-state index contributed by atoms with van der Waals surface area (Å²) in [5, 5.41) is 3.79. The van der Waals surface area contributed by atoms with Gasteiger partial charge in [-0.05, 0) is 50.1 Å². The van der Waals surface area contributed by atoms with Crippen molar-refractivity contribution in [3.8, 4) is 0 Å². The summed E-state index contributed by atoms with van der Waals surface area (Å²) in [6.07, 6.45) is 0. The first-order valence-electron chi connectivity index (χ1n) is 9.23. The minimum absolute atomic E-state index is 0.161. The van der Waals surface area contributed by atoms with Crippen molar-refractivity contribution in [2.75, 3.05) is 5.32 Å². The summed E-state index contributed by atoms with van der Waals surface area (Å²) >= 11 is 0. The number of furan rings is 2. The normalized spacial score (nSPS) is 12.3. The zero-order valence-corrected chi connectivity index (χ0v) is 16.4. The Morgan fingerprint density at radius 1 is 1.04 bits per heavy atom. The third-order valence-electron chi connectivity index (χ3n) is 4.76. The molecule has 0 aliphatic heterocycles. The molecule has 142 valence electrons. The Labute approximate surface area is 163 Å². The van der Waals surface area contributed by atoms with Crippen LogP contribution >= 0.6 is 0 Å². The smallest absolute Gasteiger partial charge is 0.228 e. The fraction of sp³-hybridized carbons (Fsp3) is 0.217.